The third-order valence-electron chi connectivity index (χ3n) is 3.02. The highest BCUT2D eigenvalue weighted by molar-refractivity contribution is 9.10. The van der Waals surface area contributed by atoms with Crippen LogP contribution in [0.1, 0.15) is 6.92 Å². The predicted octanol–water partition coefficient (Wildman–Crippen LogP) is 4.06. The van der Waals surface area contributed by atoms with Crippen LogP contribution >= 0.6 is 39.1 Å². The van der Waals surface area contributed by atoms with Crippen LogP contribution in [0.3, 0.4) is 0 Å². The van der Waals surface area contributed by atoms with Crippen LogP contribution in [0.2, 0.25) is 10.0 Å². The second-order valence-electron chi connectivity index (χ2n) is 4.91. The van der Waals surface area contributed by atoms with E-state index in [1.165, 1.54) is 25.1 Å². The van der Waals surface area contributed by atoms with Crippen molar-refractivity contribution < 1.29 is 13.2 Å². The summed E-state index contributed by atoms with van der Waals surface area (Å²) in [6, 6.07) is 9.98. The molecular weight excluding hydrogens is 439 g/mol. The summed E-state index contributed by atoms with van der Waals surface area (Å²) in [6.45, 7) is 1.43. The van der Waals surface area contributed by atoms with Crippen LogP contribution < -0.4 is 10.0 Å². The van der Waals surface area contributed by atoms with Gasteiger partial charge in [0.05, 0.1) is 11.1 Å². The van der Waals surface area contributed by atoms with Crippen molar-refractivity contribution in [3.05, 3.63) is 57.0 Å². The molecule has 0 aliphatic carbocycles. The van der Waals surface area contributed by atoms with E-state index in [0.29, 0.717) is 5.69 Å². The molecule has 9 heteroatoms. The smallest absolute Gasteiger partial charge is 0.242 e. The number of carbonyl (C=O) groups is 1. The van der Waals surface area contributed by atoms with Gasteiger partial charge in [-0.2, -0.15) is 4.72 Å². The quantitative estimate of drug-likeness (QED) is 0.719. The Morgan fingerprint density at radius 1 is 1.12 bits per heavy atom. The van der Waals surface area contributed by atoms with Gasteiger partial charge in [-0.3, -0.25) is 4.79 Å². The number of hydrogen-bond acceptors (Lipinski definition) is 3. The molecule has 2 N–H and O–H groups in total. The Morgan fingerprint density at radius 2 is 1.75 bits per heavy atom. The molecule has 24 heavy (non-hydrogen) atoms. The van der Waals surface area contributed by atoms with Crippen LogP contribution in [0, 0.1) is 0 Å². The van der Waals surface area contributed by atoms with Gasteiger partial charge in [0.15, 0.2) is 0 Å². The minimum absolute atomic E-state index is 0.0208. The van der Waals surface area contributed by atoms with Crippen molar-refractivity contribution in [3.63, 3.8) is 0 Å². The van der Waals surface area contributed by atoms with Crippen molar-refractivity contribution in [1.82, 2.24) is 4.72 Å². The molecule has 0 saturated heterocycles. The van der Waals surface area contributed by atoms with E-state index in [-0.39, 0.29) is 14.9 Å². The molecular formula is C15H13BrCl2N2O3S. The van der Waals surface area contributed by atoms with Crippen molar-refractivity contribution in [1.29, 1.82) is 0 Å². The molecule has 0 bridgehead atoms. The van der Waals surface area contributed by atoms with Gasteiger partial charge in [0, 0.05) is 15.2 Å². The lowest BCUT2D eigenvalue weighted by molar-refractivity contribution is -0.117. The number of rotatable bonds is 5. The van der Waals surface area contributed by atoms with Gasteiger partial charge in [-0.05, 0) is 49.4 Å². The lowest BCUT2D eigenvalue weighted by atomic mass is 10.3. The molecule has 0 heterocycles. The number of nitrogens with one attached hydrogen (secondary N) is 2. The molecule has 0 fully saturated rings. The van der Waals surface area contributed by atoms with Gasteiger partial charge in [0.25, 0.3) is 0 Å². The fourth-order valence-electron chi connectivity index (χ4n) is 1.82. The van der Waals surface area contributed by atoms with E-state index < -0.39 is 22.0 Å². The third kappa shape index (κ3) is 4.94. The van der Waals surface area contributed by atoms with Crippen LogP contribution in [0.4, 0.5) is 5.69 Å². The molecule has 0 radical (unpaired) electrons. The molecule has 2 rings (SSSR count). The maximum atomic E-state index is 12.4. The van der Waals surface area contributed by atoms with Crippen LogP contribution in [-0.4, -0.2) is 20.4 Å². The first-order valence-corrected chi connectivity index (χ1v) is 9.76. The van der Waals surface area contributed by atoms with Gasteiger partial charge in [0.2, 0.25) is 15.9 Å². The molecule has 0 saturated carbocycles. The lowest BCUT2D eigenvalue weighted by Crippen LogP contribution is -2.41. The van der Waals surface area contributed by atoms with E-state index in [4.69, 9.17) is 23.2 Å². The molecule has 0 spiro atoms. The number of halogens is 3. The minimum atomic E-state index is -3.99. The average molecular weight is 452 g/mol. The summed E-state index contributed by atoms with van der Waals surface area (Å²) in [6.07, 6.45) is 0. The topological polar surface area (TPSA) is 75.3 Å². The number of amides is 1. The highest BCUT2D eigenvalue weighted by Crippen LogP contribution is 2.25. The largest absolute Gasteiger partial charge is 0.325 e. The highest BCUT2D eigenvalue weighted by atomic mass is 79.9. The maximum absolute atomic E-state index is 12.4. The normalized spacial score (nSPS) is 12.7. The van der Waals surface area contributed by atoms with Gasteiger partial charge >= 0.3 is 0 Å². The molecule has 128 valence electrons. The second-order valence-corrected chi connectivity index (χ2v) is 8.36. The van der Waals surface area contributed by atoms with Crippen LogP contribution in [0.25, 0.3) is 0 Å². The summed E-state index contributed by atoms with van der Waals surface area (Å²) in [5.74, 6) is -0.501. The number of sulfonamides is 1. The Hall–Kier alpha value is -1.12. The highest BCUT2D eigenvalue weighted by Gasteiger charge is 2.24. The summed E-state index contributed by atoms with van der Waals surface area (Å²) < 4.78 is 27.9. The van der Waals surface area contributed by atoms with E-state index in [1.54, 1.807) is 24.3 Å². The molecule has 2 aromatic carbocycles. The fraction of sp³-hybridized carbons (Fsp3) is 0.133. The summed E-state index contributed by atoms with van der Waals surface area (Å²) in [7, 11) is -3.99. The van der Waals surface area contributed by atoms with E-state index in [2.05, 4.69) is 26.0 Å². The number of benzene rings is 2. The van der Waals surface area contributed by atoms with Crippen molar-refractivity contribution in [2.24, 2.45) is 0 Å². The predicted molar refractivity (Wildman–Crippen MR) is 99.0 cm³/mol. The first-order valence-electron chi connectivity index (χ1n) is 6.73. The summed E-state index contributed by atoms with van der Waals surface area (Å²) >= 11 is 15.0. The lowest BCUT2D eigenvalue weighted by Gasteiger charge is -2.15. The molecule has 0 aromatic heterocycles. The second kappa shape index (κ2) is 7.84. The average Bonchev–Trinajstić information content (AvgIpc) is 2.51. The Bertz CT molecular complexity index is 858. The number of anilines is 1. The van der Waals surface area contributed by atoms with Crippen molar-refractivity contribution in [3.8, 4) is 0 Å². The Kier molecular flexibility index (Phi) is 6.28. The summed E-state index contributed by atoms with van der Waals surface area (Å²) in [5.41, 5.74) is 0.551. The van der Waals surface area contributed by atoms with Crippen molar-refractivity contribution in [2.75, 3.05) is 5.32 Å². The molecule has 2 aromatic rings. The number of carbonyl (C=O) groups excluding carboxylic acids is 1. The monoisotopic (exact) mass is 450 g/mol. The number of hydrogen-bond donors (Lipinski definition) is 2. The fourth-order valence-corrected chi connectivity index (χ4v) is 4.05. The Balaban J connectivity index is 2.12. The van der Waals surface area contributed by atoms with Gasteiger partial charge < -0.3 is 5.32 Å². The molecule has 0 aliphatic heterocycles. The van der Waals surface area contributed by atoms with E-state index in [0.717, 1.165) is 4.47 Å². The molecule has 1 atom stereocenters. The molecule has 5 nitrogen and oxygen atoms in total. The Morgan fingerprint density at radius 3 is 2.38 bits per heavy atom. The maximum Gasteiger partial charge on any atom is 0.242 e. The van der Waals surface area contributed by atoms with Gasteiger partial charge in [0.1, 0.15) is 4.90 Å². The van der Waals surface area contributed by atoms with Crippen LogP contribution in [0.15, 0.2) is 51.8 Å². The first-order chi connectivity index (χ1) is 11.2. The summed E-state index contributed by atoms with van der Waals surface area (Å²) in [4.78, 5) is 12.0. The van der Waals surface area contributed by atoms with E-state index in [1.807, 2.05) is 0 Å². The van der Waals surface area contributed by atoms with Crippen LogP contribution in [-0.2, 0) is 14.8 Å². The first kappa shape index (κ1) is 19.2. The van der Waals surface area contributed by atoms with E-state index >= 15 is 0 Å². The van der Waals surface area contributed by atoms with E-state index in [9.17, 15) is 13.2 Å². The third-order valence-corrected chi connectivity index (χ3v) is 5.81. The summed E-state index contributed by atoms with van der Waals surface area (Å²) in [5, 5.41) is 2.87. The molecule has 0 unspecified atom stereocenters. The van der Waals surface area contributed by atoms with Gasteiger partial charge in [-0.1, -0.05) is 39.1 Å². The molecule has 0 aliphatic rings. The van der Waals surface area contributed by atoms with Gasteiger partial charge in [-0.25, -0.2) is 8.42 Å². The van der Waals surface area contributed by atoms with Crippen LogP contribution in [0.5, 0.6) is 0 Å². The Labute approximate surface area is 158 Å². The van der Waals surface area contributed by atoms with Crippen molar-refractivity contribution >= 4 is 60.7 Å². The minimum Gasteiger partial charge on any atom is -0.325 e. The zero-order valence-electron chi connectivity index (χ0n) is 12.4. The molecule has 1 amide bonds. The SMILES string of the molecule is C[C@H](NS(=O)(=O)c1cc(Cl)ccc1Cl)C(=O)Nc1ccc(Br)cc1. The zero-order valence-corrected chi connectivity index (χ0v) is 16.3. The van der Waals surface area contributed by atoms with Gasteiger partial charge in [-0.15, -0.1) is 0 Å². The van der Waals surface area contributed by atoms with Crippen molar-refractivity contribution in [2.45, 2.75) is 17.9 Å². The standard InChI is InChI=1S/C15H13BrCl2N2O3S/c1-9(15(21)19-12-5-2-10(16)3-6-12)20-24(22,23)14-8-11(17)4-7-13(14)18/h2-9,20H,1H3,(H,19,21)/t9-/m0/s1. The zero-order chi connectivity index (χ0) is 17.9.